The average Bonchev–Trinajstić information content (AvgIpc) is 2.56. The van der Waals surface area contributed by atoms with Crippen molar-refractivity contribution in [1.82, 2.24) is 9.97 Å². The Balaban J connectivity index is 1.99. The van der Waals surface area contributed by atoms with Crippen molar-refractivity contribution in [3.63, 3.8) is 0 Å². The number of anilines is 2. The Kier molecular flexibility index (Phi) is 4.58. The van der Waals surface area contributed by atoms with Crippen LogP contribution >= 0.6 is 11.6 Å². The molecule has 126 valence electrons. The van der Waals surface area contributed by atoms with Gasteiger partial charge in [-0.15, -0.1) is 0 Å². The van der Waals surface area contributed by atoms with E-state index >= 15 is 0 Å². The first kappa shape index (κ1) is 16.8. The van der Waals surface area contributed by atoms with E-state index in [1.165, 1.54) is 24.3 Å². The maximum absolute atomic E-state index is 13.4. The van der Waals surface area contributed by atoms with E-state index in [-0.39, 0.29) is 16.7 Å². The summed E-state index contributed by atoms with van der Waals surface area (Å²) in [5.74, 6) is 0.186. The van der Waals surface area contributed by atoms with Gasteiger partial charge >= 0.3 is 0 Å². The summed E-state index contributed by atoms with van der Waals surface area (Å²) in [4.78, 5) is 19.0. The smallest absolute Gasteiger partial charge is 0.274 e. The van der Waals surface area contributed by atoms with Crippen molar-refractivity contribution in [1.29, 1.82) is 0 Å². The minimum atomic E-state index is -0.453. The molecule has 1 aromatic heterocycles. The van der Waals surface area contributed by atoms with Crippen LogP contribution in [-0.2, 0) is 0 Å². The standard InChI is InChI=1S/C17H12ClFN4O2/c1-10-13(6-3-7-14(10)23(24)25)20-16-9-15(18)21-17(22-16)11-4-2-5-12(19)8-11/h2-9H,1H3,(H,20,21,22). The first-order valence-corrected chi connectivity index (χ1v) is 7.63. The highest BCUT2D eigenvalue weighted by atomic mass is 35.5. The number of halogens is 2. The second kappa shape index (κ2) is 6.82. The summed E-state index contributed by atoms with van der Waals surface area (Å²) < 4.78 is 13.4. The van der Waals surface area contributed by atoms with Crippen molar-refractivity contribution in [3.8, 4) is 11.4 Å². The van der Waals surface area contributed by atoms with Crippen molar-refractivity contribution in [2.75, 3.05) is 5.32 Å². The van der Waals surface area contributed by atoms with Crippen LogP contribution in [0.1, 0.15) is 5.56 Å². The number of aromatic nitrogens is 2. The second-order valence-electron chi connectivity index (χ2n) is 5.24. The van der Waals surface area contributed by atoms with Crippen molar-refractivity contribution in [2.24, 2.45) is 0 Å². The molecule has 3 aromatic rings. The van der Waals surface area contributed by atoms with Crippen LogP contribution in [-0.4, -0.2) is 14.9 Å². The highest BCUT2D eigenvalue weighted by Gasteiger charge is 2.14. The van der Waals surface area contributed by atoms with E-state index < -0.39 is 10.7 Å². The molecule has 0 amide bonds. The van der Waals surface area contributed by atoms with Crippen molar-refractivity contribution >= 4 is 28.8 Å². The van der Waals surface area contributed by atoms with Gasteiger partial charge in [0.2, 0.25) is 0 Å². The zero-order chi connectivity index (χ0) is 18.0. The molecule has 1 heterocycles. The SMILES string of the molecule is Cc1c(Nc2cc(Cl)nc(-c3cccc(F)c3)n2)cccc1[N+](=O)[O-]. The third kappa shape index (κ3) is 3.72. The molecule has 0 aliphatic heterocycles. The number of hydrogen-bond acceptors (Lipinski definition) is 5. The van der Waals surface area contributed by atoms with E-state index in [1.807, 2.05) is 0 Å². The maximum Gasteiger partial charge on any atom is 0.274 e. The van der Waals surface area contributed by atoms with Gasteiger partial charge in [0.25, 0.3) is 5.69 Å². The zero-order valence-corrected chi connectivity index (χ0v) is 13.8. The fraction of sp³-hybridized carbons (Fsp3) is 0.0588. The molecule has 2 aromatic carbocycles. The number of nitro groups is 1. The van der Waals surface area contributed by atoms with Gasteiger partial charge < -0.3 is 5.32 Å². The third-order valence-corrected chi connectivity index (χ3v) is 3.74. The monoisotopic (exact) mass is 358 g/mol. The van der Waals surface area contributed by atoms with Gasteiger partial charge in [-0.25, -0.2) is 14.4 Å². The Morgan fingerprint density at radius 2 is 1.92 bits per heavy atom. The predicted molar refractivity (Wildman–Crippen MR) is 93.6 cm³/mol. The Morgan fingerprint density at radius 3 is 2.64 bits per heavy atom. The van der Waals surface area contributed by atoms with Crippen LogP contribution in [0.4, 0.5) is 21.6 Å². The molecule has 0 atom stereocenters. The molecule has 0 saturated carbocycles. The van der Waals surface area contributed by atoms with Crippen molar-refractivity contribution < 1.29 is 9.31 Å². The number of rotatable bonds is 4. The summed E-state index contributed by atoms with van der Waals surface area (Å²) in [6.07, 6.45) is 0. The van der Waals surface area contributed by atoms with E-state index in [0.717, 1.165) is 0 Å². The summed E-state index contributed by atoms with van der Waals surface area (Å²) in [6, 6.07) is 12.0. The molecular formula is C17H12ClFN4O2. The highest BCUT2D eigenvalue weighted by Crippen LogP contribution is 2.29. The topological polar surface area (TPSA) is 81.0 Å². The third-order valence-electron chi connectivity index (χ3n) is 3.54. The molecular weight excluding hydrogens is 347 g/mol. The van der Waals surface area contributed by atoms with Gasteiger partial charge in [-0.05, 0) is 25.1 Å². The molecule has 1 N–H and O–H groups in total. The molecule has 8 heteroatoms. The molecule has 0 unspecified atom stereocenters. The van der Waals surface area contributed by atoms with E-state index in [9.17, 15) is 14.5 Å². The predicted octanol–water partition coefficient (Wildman–Crippen LogP) is 4.90. The number of nitrogens with one attached hydrogen (secondary N) is 1. The minimum absolute atomic E-state index is 0.00416. The van der Waals surface area contributed by atoms with Gasteiger partial charge in [0.15, 0.2) is 5.82 Å². The Labute approximate surface area is 147 Å². The number of nitrogens with zero attached hydrogens (tertiary/aromatic N) is 3. The van der Waals surface area contributed by atoms with Crippen LogP contribution in [0.2, 0.25) is 5.15 Å². The normalized spacial score (nSPS) is 10.5. The average molecular weight is 359 g/mol. The maximum atomic E-state index is 13.4. The van der Waals surface area contributed by atoms with Crippen LogP contribution in [0, 0.1) is 22.9 Å². The van der Waals surface area contributed by atoms with E-state index in [1.54, 1.807) is 31.2 Å². The lowest BCUT2D eigenvalue weighted by Crippen LogP contribution is -2.01. The van der Waals surface area contributed by atoms with Gasteiger partial charge in [-0.2, -0.15) is 0 Å². The lowest BCUT2D eigenvalue weighted by Gasteiger charge is -2.10. The number of nitro benzene ring substituents is 1. The molecule has 0 radical (unpaired) electrons. The van der Waals surface area contributed by atoms with Gasteiger partial charge in [0.05, 0.1) is 10.5 Å². The summed E-state index contributed by atoms with van der Waals surface area (Å²) in [5, 5.41) is 14.2. The Hall–Kier alpha value is -3.06. The number of benzene rings is 2. The Morgan fingerprint density at radius 1 is 1.16 bits per heavy atom. The summed E-state index contributed by atoms with van der Waals surface area (Å²) in [5.41, 5.74) is 1.46. The fourth-order valence-corrected chi connectivity index (χ4v) is 2.52. The largest absolute Gasteiger partial charge is 0.340 e. The minimum Gasteiger partial charge on any atom is -0.340 e. The molecule has 3 rings (SSSR count). The summed E-state index contributed by atoms with van der Waals surface area (Å²) in [7, 11) is 0. The second-order valence-corrected chi connectivity index (χ2v) is 5.63. The highest BCUT2D eigenvalue weighted by molar-refractivity contribution is 6.29. The molecule has 0 bridgehead atoms. The molecule has 0 aliphatic carbocycles. The molecule has 25 heavy (non-hydrogen) atoms. The zero-order valence-electron chi connectivity index (χ0n) is 13.0. The van der Waals surface area contributed by atoms with E-state index in [2.05, 4.69) is 15.3 Å². The van der Waals surface area contributed by atoms with Gasteiger partial charge in [0, 0.05) is 23.4 Å². The van der Waals surface area contributed by atoms with Crippen LogP contribution < -0.4 is 5.32 Å². The molecule has 0 aliphatic rings. The molecule has 0 fully saturated rings. The molecule has 0 saturated heterocycles. The van der Waals surface area contributed by atoms with E-state index in [4.69, 9.17) is 11.6 Å². The Bertz CT molecular complexity index is 965. The summed E-state index contributed by atoms with van der Waals surface area (Å²) >= 11 is 6.03. The van der Waals surface area contributed by atoms with Crippen molar-refractivity contribution in [3.05, 3.63) is 75.2 Å². The quantitative estimate of drug-likeness (QED) is 0.407. The number of hydrogen-bond donors (Lipinski definition) is 1. The van der Waals surface area contributed by atoms with Gasteiger partial charge in [-0.1, -0.05) is 29.8 Å². The van der Waals surface area contributed by atoms with Crippen LogP contribution in [0.5, 0.6) is 0 Å². The molecule has 0 spiro atoms. The summed E-state index contributed by atoms with van der Waals surface area (Å²) in [6.45, 7) is 1.64. The van der Waals surface area contributed by atoms with Crippen LogP contribution in [0.15, 0.2) is 48.5 Å². The van der Waals surface area contributed by atoms with Crippen LogP contribution in [0.3, 0.4) is 0 Å². The van der Waals surface area contributed by atoms with E-state index in [0.29, 0.717) is 22.6 Å². The first-order valence-electron chi connectivity index (χ1n) is 7.25. The molecule has 6 nitrogen and oxygen atoms in total. The lowest BCUT2D eigenvalue weighted by atomic mass is 10.1. The van der Waals surface area contributed by atoms with Crippen LogP contribution in [0.25, 0.3) is 11.4 Å². The van der Waals surface area contributed by atoms with Gasteiger partial charge in [0.1, 0.15) is 16.8 Å². The first-order chi connectivity index (χ1) is 11.9. The van der Waals surface area contributed by atoms with Crippen molar-refractivity contribution in [2.45, 2.75) is 6.92 Å². The van der Waals surface area contributed by atoms with Gasteiger partial charge in [-0.3, -0.25) is 10.1 Å². The lowest BCUT2D eigenvalue weighted by molar-refractivity contribution is -0.385. The fourth-order valence-electron chi connectivity index (χ4n) is 2.33.